The molecule has 4 rings (SSSR count). The molecule has 0 saturated carbocycles. The van der Waals surface area contributed by atoms with E-state index in [1.165, 1.54) is 5.56 Å². The van der Waals surface area contributed by atoms with E-state index in [1.54, 1.807) is 11.3 Å². The van der Waals surface area contributed by atoms with E-state index < -0.39 is 0 Å². The number of thiophene rings is 1. The maximum absolute atomic E-state index is 12.6. The monoisotopic (exact) mass is 421 g/mol. The number of fused-ring (bicyclic) bond motifs is 3. The van der Waals surface area contributed by atoms with Crippen molar-refractivity contribution in [3.05, 3.63) is 63.6 Å². The van der Waals surface area contributed by atoms with Crippen LogP contribution in [0.1, 0.15) is 35.0 Å². The molecule has 0 saturated heterocycles. The van der Waals surface area contributed by atoms with Crippen LogP contribution in [0, 0.1) is 13.8 Å². The summed E-state index contributed by atoms with van der Waals surface area (Å²) in [4.78, 5) is 19.5. The van der Waals surface area contributed by atoms with Gasteiger partial charge in [0, 0.05) is 29.7 Å². The van der Waals surface area contributed by atoms with E-state index in [-0.39, 0.29) is 11.9 Å². The number of rotatable bonds is 7. The number of nitrogens with zero attached hydrogens (tertiary/aromatic N) is 4. The molecule has 0 radical (unpaired) electrons. The summed E-state index contributed by atoms with van der Waals surface area (Å²) in [6.45, 7) is 4.67. The molecule has 0 fully saturated rings. The van der Waals surface area contributed by atoms with Crippen molar-refractivity contribution in [2.75, 3.05) is 20.6 Å². The maximum atomic E-state index is 12.6. The van der Waals surface area contributed by atoms with Crippen LogP contribution in [-0.4, -0.2) is 46.0 Å². The van der Waals surface area contributed by atoms with Crippen LogP contribution >= 0.6 is 11.3 Å². The van der Waals surface area contributed by atoms with Gasteiger partial charge in [0.25, 0.3) is 0 Å². The Kier molecular flexibility index (Phi) is 5.83. The molecule has 0 aliphatic carbocycles. The average Bonchev–Trinajstić information content (AvgIpc) is 3.36. The van der Waals surface area contributed by atoms with E-state index in [4.69, 9.17) is 10.1 Å². The van der Waals surface area contributed by atoms with Gasteiger partial charge < -0.3 is 10.2 Å². The number of hydrogen-bond donors (Lipinski definition) is 1. The number of likely N-dealkylation sites (N-methyl/N-ethyl adjacent to an activating group) is 1. The minimum Gasteiger partial charge on any atom is -0.354 e. The number of hydrogen-bond acceptors (Lipinski definition) is 5. The maximum Gasteiger partial charge on any atom is 0.220 e. The smallest absolute Gasteiger partial charge is 0.220 e. The highest BCUT2D eigenvalue weighted by Crippen LogP contribution is 2.23. The van der Waals surface area contributed by atoms with Gasteiger partial charge in [0.1, 0.15) is 0 Å². The van der Waals surface area contributed by atoms with Crippen LogP contribution in [0.5, 0.6) is 0 Å². The van der Waals surface area contributed by atoms with Crippen molar-refractivity contribution in [2.45, 2.75) is 32.7 Å². The lowest BCUT2D eigenvalue weighted by Crippen LogP contribution is -2.34. The van der Waals surface area contributed by atoms with Crippen LogP contribution in [0.15, 0.2) is 41.1 Å². The molecule has 0 unspecified atom stereocenters. The van der Waals surface area contributed by atoms with E-state index in [0.717, 1.165) is 33.5 Å². The van der Waals surface area contributed by atoms with Crippen molar-refractivity contribution < 1.29 is 4.79 Å². The first kappa shape index (κ1) is 20.5. The van der Waals surface area contributed by atoms with Crippen LogP contribution < -0.4 is 5.32 Å². The van der Waals surface area contributed by atoms with Crippen molar-refractivity contribution in [3.8, 4) is 0 Å². The molecule has 0 aliphatic heterocycles. The standard InChI is InChI=1S/C23H27N5OS/c1-15-18(16(2)28-23(25-15)19-7-5-6-8-20(19)26-28)9-10-22(29)24-13-21(27(3)4)17-11-12-30-14-17/h5-8,11-12,14,21H,9-10,13H2,1-4H3,(H,24,29)/t21-/m0/s1. The normalized spacial score (nSPS) is 12.7. The second-order valence-corrected chi connectivity index (χ2v) is 8.63. The topological polar surface area (TPSA) is 62.5 Å². The van der Waals surface area contributed by atoms with Crippen LogP contribution in [-0.2, 0) is 11.2 Å². The number of nitrogens with one attached hydrogen (secondary N) is 1. The fraction of sp³-hybridized carbons (Fsp3) is 0.348. The largest absolute Gasteiger partial charge is 0.354 e. The van der Waals surface area contributed by atoms with Crippen LogP contribution in [0.25, 0.3) is 16.6 Å². The Morgan fingerprint density at radius 2 is 2.03 bits per heavy atom. The van der Waals surface area contributed by atoms with E-state index in [2.05, 4.69) is 34.0 Å². The minimum absolute atomic E-state index is 0.0570. The first-order valence-corrected chi connectivity index (χ1v) is 11.1. The van der Waals surface area contributed by atoms with Gasteiger partial charge >= 0.3 is 0 Å². The van der Waals surface area contributed by atoms with E-state index in [0.29, 0.717) is 19.4 Å². The molecule has 3 aromatic heterocycles. The lowest BCUT2D eigenvalue weighted by Gasteiger charge is -2.24. The number of aryl methyl sites for hydroxylation is 2. The number of benzene rings is 1. The van der Waals surface area contributed by atoms with Gasteiger partial charge in [0.05, 0.1) is 11.6 Å². The number of carbonyl (C=O) groups is 1. The van der Waals surface area contributed by atoms with Gasteiger partial charge in [-0.1, -0.05) is 12.1 Å². The van der Waals surface area contributed by atoms with Crippen molar-refractivity contribution in [1.82, 2.24) is 24.8 Å². The summed E-state index contributed by atoms with van der Waals surface area (Å²) in [7, 11) is 4.08. The molecule has 30 heavy (non-hydrogen) atoms. The summed E-state index contributed by atoms with van der Waals surface area (Å²) in [5, 5.41) is 13.1. The second kappa shape index (κ2) is 8.53. The van der Waals surface area contributed by atoms with E-state index in [1.807, 2.05) is 49.8 Å². The SMILES string of the molecule is Cc1nc2c3ccccc3nn2c(C)c1CCC(=O)NC[C@@H](c1ccsc1)N(C)C. The third kappa shape index (κ3) is 3.95. The first-order valence-electron chi connectivity index (χ1n) is 10.1. The van der Waals surface area contributed by atoms with Crippen LogP contribution in [0.3, 0.4) is 0 Å². The summed E-state index contributed by atoms with van der Waals surface area (Å²) in [5.41, 5.74) is 6.14. The predicted octanol–water partition coefficient (Wildman–Crippen LogP) is 3.91. The zero-order chi connectivity index (χ0) is 21.3. The molecule has 156 valence electrons. The molecule has 1 atom stereocenters. The quantitative estimate of drug-likeness (QED) is 0.491. The Morgan fingerprint density at radius 1 is 1.23 bits per heavy atom. The predicted molar refractivity (Wildman–Crippen MR) is 122 cm³/mol. The number of aromatic nitrogens is 3. The molecule has 1 N–H and O–H groups in total. The summed E-state index contributed by atoms with van der Waals surface area (Å²) >= 11 is 1.68. The van der Waals surface area contributed by atoms with Gasteiger partial charge in [-0.05, 0) is 74.4 Å². The average molecular weight is 422 g/mol. The summed E-state index contributed by atoms with van der Waals surface area (Å²) < 4.78 is 1.91. The Morgan fingerprint density at radius 3 is 2.77 bits per heavy atom. The Hall–Kier alpha value is -2.77. The molecular formula is C23H27N5OS. The molecule has 4 aromatic rings. The third-order valence-electron chi connectivity index (χ3n) is 5.66. The summed E-state index contributed by atoms with van der Waals surface area (Å²) in [5.74, 6) is 0.0570. The molecule has 0 bridgehead atoms. The fourth-order valence-electron chi connectivity index (χ4n) is 3.94. The van der Waals surface area contributed by atoms with Gasteiger partial charge in [0.2, 0.25) is 5.91 Å². The first-order chi connectivity index (χ1) is 14.5. The Bertz CT molecular complexity index is 1180. The van der Waals surface area contributed by atoms with Gasteiger partial charge in [-0.15, -0.1) is 0 Å². The van der Waals surface area contributed by atoms with Crippen molar-refractivity contribution in [2.24, 2.45) is 0 Å². The van der Waals surface area contributed by atoms with Gasteiger partial charge in [-0.3, -0.25) is 4.79 Å². The highest BCUT2D eigenvalue weighted by molar-refractivity contribution is 7.07. The molecule has 0 aliphatic rings. The van der Waals surface area contributed by atoms with Crippen molar-refractivity contribution in [3.63, 3.8) is 0 Å². The molecule has 6 nitrogen and oxygen atoms in total. The Labute approximate surface area is 180 Å². The van der Waals surface area contributed by atoms with Crippen molar-refractivity contribution in [1.29, 1.82) is 0 Å². The molecular weight excluding hydrogens is 394 g/mol. The van der Waals surface area contributed by atoms with E-state index in [9.17, 15) is 4.79 Å². The minimum atomic E-state index is 0.0570. The fourth-order valence-corrected chi connectivity index (χ4v) is 4.65. The highest BCUT2D eigenvalue weighted by Gasteiger charge is 2.17. The van der Waals surface area contributed by atoms with Gasteiger partial charge in [-0.2, -0.15) is 16.4 Å². The number of amides is 1. The van der Waals surface area contributed by atoms with Gasteiger partial charge in [-0.25, -0.2) is 9.50 Å². The van der Waals surface area contributed by atoms with Crippen LogP contribution in [0.2, 0.25) is 0 Å². The zero-order valence-corrected chi connectivity index (χ0v) is 18.7. The molecule has 3 heterocycles. The summed E-state index contributed by atoms with van der Waals surface area (Å²) in [6.07, 6.45) is 1.08. The molecule has 1 aromatic carbocycles. The third-order valence-corrected chi connectivity index (χ3v) is 6.37. The zero-order valence-electron chi connectivity index (χ0n) is 17.8. The highest BCUT2D eigenvalue weighted by atomic mass is 32.1. The summed E-state index contributed by atoms with van der Waals surface area (Å²) in [6, 6.07) is 10.3. The molecule has 0 spiro atoms. The molecule has 1 amide bonds. The Balaban J connectivity index is 1.46. The van der Waals surface area contributed by atoms with Gasteiger partial charge in [0.15, 0.2) is 5.65 Å². The van der Waals surface area contributed by atoms with Crippen LogP contribution in [0.4, 0.5) is 0 Å². The second-order valence-electron chi connectivity index (χ2n) is 7.85. The lowest BCUT2D eigenvalue weighted by molar-refractivity contribution is -0.121. The molecule has 7 heteroatoms. The number of carbonyl (C=O) groups excluding carboxylic acids is 1. The van der Waals surface area contributed by atoms with Crippen molar-refractivity contribution >= 4 is 33.8 Å². The van der Waals surface area contributed by atoms with E-state index >= 15 is 0 Å². The lowest BCUT2D eigenvalue weighted by atomic mass is 10.1.